The molecule has 0 unspecified atom stereocenters. The lowest BCUT2D eigenvalue weighted by Gasteiger charge is -2.09. The van der Waals surface area contributed by atoms with Crippen molar-refractivity contribution in [3.63, 3.8) is 0 Å². The number of carbonyl (C=O) groups excluding carboxylic acids is 1. The first kappa shape index (κ1) is 12.9. The highest BCUT2D eigenvalue weighted by molar-refractivity contribution is 9.11. The molecule has 0 saturated heterocycles. The molecule has 0 fully saturated rings. The van der Waals surface area contributed by atoms with Gasteiger partial charge in [-0.05, 0) is 55.6 Å². The van der Waals surface area contributed by atoms with Crippen LogP contribution in [-0.4, -0.2) is 11.9 Å². The van der Waals surface area contributed by atoms with E-state index < -0.39 is 11.9 Å². The lowest BCUT2D eigenvalue weighted by molar-refractivity contribution is -0.0508. The summed E-state index contributed by atoms with van der Waals surface area (Å²) < 4.78 is 28.6. The number of hydrogen-bond donors (Lipinski definition) is 0. The topological polar surface area (TPSA) is 26.3 Å². The maximum atomic E-state index is 12.0. The lowest BCUT2D eigenvalue weighted by Crippen LogP contribution is -2.04. The summed E-state index contributed by atoms with van der Waals surface area (Å²) in [7, 11) is 0. The van der Waals surface area contributed by atoms with E-state index in [1.165, 1.54) is 12.1 Å². The van der Waals surface area contributed by atoms with Gasteiger partial charge < -0.3 is 4.74 Å². The van der Waals surface area contributed by atoms with Crippen molar-refractivity contribution < 1.29 is 18.3 Å². The van der Waals surface area contributed by atoms with Crippen LogP contribution >= 0.6 is 43.5 Å². The van der Waals surface area contributed by atoms with Gasteiger partial charge in [-0.25, -0.2) is 0 Å². The zero-order valence-electron chi connectivity index (χ0n) is 6.94. The molecule has 0 saturated carbocycles. The Balaban J connectivity index is 3.15. The van der Waals surface area contributed by atoms with Crippen LogP contribution in [0.25, 0.3) is 0 Å². The van der Waals surface area contributed by atoms with Crippen molar-refractivity contribution in [3.8, 4) is 5.75 Å². The molecule has 0 radical (unpaired) electrons. The predicted octanol–water partition coefficient (Wildman–Crippen LogP) is 4.19. The molecule has 15 heavy (non-hydrogen) atoms. The summed E-state index contributed by atoms with van der Waals surface area (Å²) >= 11 is 11.2. The molecule has 0 N–H and O–H groups in total. The second-order valence-corrected chi connectivity index (χ2v) is 4.47. The van der Waals surface area contributed by atoms with Crippen molar-refractivity contribution in [2.45, 2.75) is 6.61 Å². The van der Waals surface area contributed by atoms with E-state index in [1.807, 2.05) is 0 Å². The molecule has 1 rings (SSSR count). The normalized spacial score (nSPS) is 10.5. The fourth-order valence-corrected chi connectivity index (χ4v) is 2.36. The van der Waals surface area contributed by atoms with Gasteiger partial charge in [0.25, 0.3) is 5.24 Å². The minimum atomic E-state index is -2.94. The third kappa shape index (κ3) is 3.39. The second-order valence-electron chi connectivity index (χ2n) is 2.42. The van der Waals surface area contributed by atoms with E-state index in [4.69, 9.17) is 11.6 Å². The number of alkyl halides is 2. The molecule has 0 aromatic heterocycles. The zero-order chi connectivity index (χ0) is 11.6. The first-order valence-electron chi connectivity index (χ1n) is 3.55. The number of halogens is 5. The van der Waals surface area contributed by atoms with E-state index in [2.05, 4.69) is 36.6 Å². The van der Waals surface area contributed by atoms with Gasteiger partial charge in [-0.15, -0.1) is 0 Å². The number of carbonyl (C=O) groups is 1. The van der Waals surface area contributed by atoms with Crippen LogP contribution in [0.5, 0.6) is 5.75 Å². The number of rotatable bonds is 3. The Morgan fingerprint density at radius 2 is 1.80 bits per heavy atom. The van der Waals surface area contributed by atoms with Crippen LogP contribution < -0.4 is 4.74 Å². The van der Waals surface area contributed by atoms with Crippen molar-refractivity contribution in [2.75, 3.05) is 0 Å². The van der Waals surface area contributed by atoms with E-state index in [0.717, 1.165) is 0 Å². The van der Waals surface area contributed by atoms with E-state index in [1.54, 1.807) is 0 Å². The summed E-state index contributed by atoms with van der Waals surface area (Å²) in [6, 6.07) is 2.61. The van der Waals surface area contributed by atoms with E-state index in [-0.39, 0.29) is 20.3 Å². The average molecular weight is 364 g/mol. The first-order chi connectivity index (χ1) is 6.91. The summed E-state index contributed by atoms with van der Waals surface area (Å²) in [4.78, 5) is 10.8. The summed E-state index contributed by atoms with van der Waals surface area (Å²) in [5.41, 5.74) is 0.178. The van der Waals surface area contributed by atoms with Crippen LogP contribution in [0.1, 0.15) is 10.4 Å². The summed E-state index contributed by atoms with van der Waals surface area (Å²) in [5.74, 6) is -0.0772. The van der Waals surface area contributed by atoms with E-state index in [0.29, 0.717) is 0 Å². The van der Waals surface area contributed by atoms with Crippen molar-refractivity contribution in [1.29, 1.82) is 0 Å². The van der Waals surface area contributed by atoms with Crippen molar-refractivity contribution in [2.24, 2.45) is 0 Å². The van der Waals surface area contributed by atoms with Gasteiger partial charge in [0.2, 0.25) is 0 Å². The minimum Gasteiger partial charge on any atom is -0.432 e. The Labute approximate surface area is 106 Å². The van der Waals surface area contributed by atoms with Crippen LogP contribution in [0.15, 0.2) is 21.1 Å². The van der Waals surface area contributed by atoms with Gasteiger partial charge in [-0.3, -0.25) is 4.79 Å². The van der Waals surface area contributed by atoms with E-state index >= 15 is 0 Å². The lowest BCUT2D eigenvalue weighted by atomic mass is 10.2. The highest BCUT2D eigenvalue weighted by Gasteiger charge is 2.15. The molecular formula is C8H3Br2ClF2O2. The average Bonchev–Trinajstić information content (AvgIpc) is 2.10. The van der Waals surface area contributed by atoms with Gasteiger partial charge >= 0.3 is 6.61 Å². The van der Waals surface area contributed by atoms with Gasteiger partial charge in [0, 0.05) is 5.56 Å². The first-order valence-corrected chi connectivity index (χ1v) is 5.52. The summed E-state index contributed by atoms with van der Waals surface area (Å²) in [6.45, 7) is -2.94. The third-order valence-corrected chi connectivity index (χ3v) is 2.83. The van der Waals surface area contributed by atoms with Crippen LogP contribution in [0.2, 0.25) is 0 Å². The largest absolute Gasteiger partial charge is 0.432 e. The molecule has 82 valence electrons. The molecule has 2 nitrogen and oxygen atoms in total. The predicted molar refractivity (Wildman–Crippen MR) is 58.7 cm³/mol. The van der Waals surface area contributed by atoms with Crippen LogP contribution in [-0.2, 0) is 0 Å². The van der Waals surface area contributed by atoms with Gasteiger partial charge in [0.05, 0.1) is 8.95 Å². The Hall–Kier alpha value is -0.200. The molecule has 1 aromatic carbocycles. The van der Waals surface area contributed by atoms with Crippen molar-refractivity contribution in [3.05, 3.63) is 26.6 Å². The molecular weight excluding hydrogens is 361 g/mol. The minimum absolute atomic E-state index is 0.0772. The number of benzene rings is 1. The van der Waals surface area contributed by atoms with Gasteiger partial charge in [0.1, 0.15) is 0 Å². The molecule has 0 aliphatic carbocycles. The molecule has 0 spiro atoms. The SMILES string of the molecule is O=C(Cl)c1cc(Br)c(OC(F)F)c(Br)c1. The highest BCUT2D eigenvalue weighted by Crippen LogP contribution is 2.36. The van der Waals surface area contributed by atoms with Crippen molar-refractivity contribution in [1.82, 2.24) is 0 Å². The Kier molecular flexibility index (Phi) is 4.48. The zero-order valence-corrected chi connectivity index (χ0v) is 10.9. The van der Waals surface area contributed by atoms with Crippen LogP contribution in [0.3, 0.4) is 0 Å². The Morgan fingerprint density at radius 3 is 2.13 bits per heavy atom. The molecule has 0 heterocycles. The molecule has 7 heteroatoms. The monoisotopic (exact) mass is 362 g/mol. The quantitative estimate of drug-likeness (QED) is 0.752. The fourth-order valence-electron chi connectivity index (χ4n) is 0.875. The van der Waals surface area contributed by atoms with Gasteiger partial charge in [0.15, 0.2) is 5.75 Å². The highest BCUT2D eigenvalue weighted by atomic mass is 79.9. The summed E-state index contributed by atoms with van der Waals surface area (Å²) in [6.07, 6.45) is 0. The number of ether oxygens (including phenoxy) is 1. The Bertz CT molecular complexity index is 375. The Morgan fingerprint density at radius 1 is 1.33 bits per heavy atom. The maximum absolute atomic E-state index is 12.0. The molecule has 0 aliphatic rings. The molecule has 0 atom stereocenters. The van der Waals surface area contributed by atoms with Crippen LogP contribution in [0, 0.1) is 0 Å². The molecule has 1 aromatic rings. The maximum Gasteiger partial charge on any atom is 0.387 e. The summed E-state index contributed by atoms with van der Waals surface area (Å²) in [5, 5.41) is -0.681. The molecule has 0 amide bonds. The van der Waals surface area contributed by atoms with E-state index in [9.17, 15) is 13.6 Å². The van der Waals surface area contributed by atoms with Crippen molar-refractivity contribution >= 4 is 48.7 Å². The van der Waals surface area contributed by atoms with Gasteiger partial charge in [-0.2, -0.15) is 8.78 Å². The van der Waals surface area contributed by atoms with Crippen LogP contribution in [0.4, 0.5) is 8.78 Å². The third-order valence-electron chi connectivity index (χ3n) is 1.43. The number of hydrogen-bond acceptors (Lipinski definition) is 2. The second kappa shape index (κ2) is 5.23. The molecule has 0 bridgehead atoms. The molecule has 0 aliphatic heterocycles. The van der Waals surface area contributed by atoms with Gasteiger partial charge in [-0.1, -0.05) is 0 Å². The standard InChI is InChI=1S/C8H3Br2ClF2O2/c9-4-1-3(7(11)14)2-5(10)6(4)15-8(12)13/h1-2,8H. The smallest absolute Gasteiger partial charge is 0.387 e. The fraction of sp³-hybridized carbons (Fsp3) is 0.125.